The molecule has 1 fully saturated rings. The van der Waals surface area contributed by atoms with E-state index in [-0.39, 0.29) is 17.9 Å². The number of halogens is 1. The van der Waals surface area contributed by atoms with Crippen LogP contribution in [0.15, 0.2) is 16.7 Å². The van der Waals surface area contributed by atoms with E-state index in [1.165, 1.54) is 0 Å². The van der Waals surface area contributed by atoms with E-state index in [1.807, 2.05) is 23.8 Å². The Morgan fingerprint density at radius 3 is 2.89 bits per heavy atom. The van der Waals surface area contributed by atoms with Gasteiger partial charge in [-0.3, -0.25) is 4.79 Å². The number of hydrogen-bond acceptors (Lipinski definition) is 2. The minimum Gasteiger partial charge on any atom is -0.396 e. The molecule has 1 aromatic rings. The minimum absolute atomic E-state index is 0.0354. The van der Waals surface area contributed by atoms with Crippen LogP contribution in [0.25, 0.3) is 0 Å². The van der Waals surface area contributed by atoms with Crippen LogP contribution in [0.5, 0.6) is 0 Å². The number of aliphatic hydroxyl groups excluding tert-OH is 1. The van der Waals surface area contributed by atoms with E-state index in [9.17, 15) is 4.79 Å². The van der Waals surface area contributed by atoms with Crippen molar-refractivity contribution < 1.29 is 9.90 Å². The number of nitrogens with one attached hydrogen (secondary N) is 1. The maximum atomic E-state index is 12.1. The lowest BCUT2D eigenvalue weighted by Gasteiger charge is -2.15. The molecular weight excluding hydrogens is 296 g/mol. The molecule has 1 aromatic heterocycles. The highest BCUT2D eigenvalue weighted by Crippen LogP contribution is 2.47. The summed E-state index contributed by atoms with van der Waals surface area (Å²) in [5.41, 5.74) is 0.842. The summed E-state index contributed by atoms with van der Waals surface area (Å²) in [6, 6.07) is 1.84. The summed E-state index contributed by atoms with van der Waals surface area (Å²) >= 11 is 3.39. The van der Waals surface area contributed by atoms with Crippen molar-refractivity contribution in [3.05, 3.63) is 22.4 Å². The van der Waals surface area contributed by atoms with Crippen LogP contribution in [0.2, 0.25) is 0 Å². The first-order valence-corrected chi connectivity index (χ1v) is 7.14. The third-order valence-corrected chi connectivity index (χ3v) is 4.09. The third kappa shape index (κ3) is 2.95. The van der Waals surface area contributed by atoms with Gasteiger partial charge in [0.25, 0.3) is 5.91 Å². The van der Waals surface area contributed by atoms with Crippen LogP contribution in [0.3, 0.4) is 0 Å². The Morgan fingerprint density at radius 1 is 1.61 bits per heavy atom. The van der Waals surface area contributed by atoms with Gasteiger partial charge in [-0.2, -0.15) is 0 Å². The molecule has 0 saturated heterocycles. The molecule has 0 unspecified atom stereocenters. The van der Waals surface area contributed by atoms with Crippen LogP contribution in [0.4, 0.5) is 0 Å². The number of aryl methyl sites for hydroxylation is 1. The summed E-state index contributed by atoms with van der Waals surface area (Å²) in [7, 11) is 0. The Morgan fingerprint density at radius 2 is 2.33 bits per heavy atom. The largest absolute Gasteiger partial charge is 0.396 e. The highest BCUT2D eigenvalue weighted by atomic mass is 79.9. The fraction of sp³-hybridized carbons (Fsp3) is 0.615. The molecule has 1 aliphatic rings. The molecular formula is C13H19BrN2O2. The highest BCUT2D eigenvalue weighted by Gasteiger charge is 2.42. The van der Waals surface area contributed by atoms with Gasteiger partial charge in [0.1, 0.15) is 5.69 Å². The Balaban J connectivity index is 1.95. The zero-order valence-electron chi connectivity index (χ0n) is 10.6. The van der Waals surface area contributed by atoms with Gasteiger partial charge >= 0.3 is 0 Å². The molecule has 1 aliphatic carbocycles. The lowest BCUT2D eigenvalue weighted by Crippen LogP contribution is -2.32. The highest BCUT2D eigenvalue weighted by molar-refractivity contribution is 9.10. The van der Waals surface area contributed by atoms with Gasteiger partial charge in [-0.1, -0.05) is 0 Å². The molecule has 1 saturated carbocycles. The second kappa shape index (κ2) is 5.45. The fourth-order valence-corrected chi connectivity index (χ4v) is 2.68. The molecule has 100 valence electrons. The summed E-state index contributed by atoms with van der Waals surface area (Å²) in [4.78, 5) is 12.1. The van der Waals surface area contributed by atoms with Crippen LogP contribution in [-0.2, 0) is 6.54 Å². The molecule has 2 rings (SSSR count). The van der Waals surface area contributed by atoms with E-state index in [0.29, 0.717) is 12.2 Å². The van der Waals surface area contributed by atoms with Crippen molar-refractivity contribution in [3.8, 4) is 0 Å². The van der Waals surface area contributed by atoms with E-state index >= 15 is 0 Å². The van der Waals surface area contributed by atoms with Gasteiger partial charge in [-0.15, -0.1) is 0 Å². The Labute approximate surface area is 116 Å². The average molecular weight is 315 g/mol. The van der Waals surface area contributed by atoms with Crippen molar-refractivity contribution in [2.24, 2.45) is 5.41 Å². The lowest BCUT2D eigenvalue weighted by atomic mass is 10.0. The molecule has 18 heavy (non-hydrogen) atoms. The Bertz CT molecular complexity index is 438. The molecule has 0 bridgehead atoms. The number of rotatable bonds is 6. The quantitative estimate of drug-likeness (QED) is 0.845. The molecule has 1 amide bonds. The topological polar surface area (TPSA) is 54.3 Å². The zero-order valence-corrected chi connectivity index (χ0v) is 12.2. The standard InChI is InChI=1S/C13H19BrN2O2/c1-2-16-8-10(14)7-11(16)12(18)15-9-13(3-4-13)5-6-17/h7-8,17H,2-6,9H2,1H3,(H,15,18). The molecule has 4 nitrogen and oxygen atoms in total. The molecule has 0 atom stereocenters. The Hall–Kier alpha value is -0.810. The van der Waals surface area contributed by atoms with Crippen molar-refractivity contribution in [1.29, 1.82) is 0 Å². The predicted molar refractivity (Wildman–Crippen MR) is 73.5 cm³/mol. The fourth-order valence-electron chi connectivity index (χ4n) is 2.21. The van der Waals surface area contributed by atoms with Gasteiger partial charge in [0.05, 0.1) is 0 Å². The molecule has 0 aromatic carbocycles. The number of nitrogens with zero attached hydrogens (tertiary/aromatic N) is 1. The van der Waals surface area contributed by atoms with Gasteiger partial charge < -0.3 is 15.0 Å². The van der Waals surface area contributed by atoms with Crippen molar-refractivity contribution in [3.63, 3.8) is 0 Å². The summed E-state index contributed by atoms with van der Waals surface area (Å²) in [5.74, 6) is -0.0354. The number of carbonyl (C=O) groups is 1. The normalized spacial score (nSPS) is 16.6. The van der Waals surface area contributed by atoms with Crippen molar-refractivity contribution in [1.82, 2.24) is 9.88 Å². The predicted octanol–water partition coefficient (Wildman–Crippen LogP) is 2.16. The summed E-state index contributed by atoms with van der Waals surface area (Å²) in [5, 5.41) is 12.0. The van der Waals surface area contributed by atoms with Gasteiger partial charge in [-0.25, -0.2) is 0 Å². The molecule has 2 N–H and O–H groups in total. The van der Waals surface area contributed by atoms with E-state index < -0.39 is 0 Å². The number of aliphatic hydroxyl groups is 1. The number of aromatic nitrogens is 1. The molecule has 0 aliphatic heterocycles. The summed E-state index contributed by atoms with van der Waals surface area (Å²) < 4.78 is 2.84. The van der Waals surface area contributed by atoms with Crippen LogP contribution in [0.1, 0.15) is 36.7 Å². The van der Waals surface area contributed by atoms with E-state index in [4.69, 9.17) is 5.11 Å². The van der Waals surface area contributed by atoms with Crippen LogP contribution < -0.4 is 5.32 Å². The number of carbonyl (C=O) groups excluding carboxylic acids is 1. The number of amides is 1. The summed E-state index contributed by atoms with van der Waals surface area (Å²) in [6.07, 6.45) is 4.90. The summed E-state index contributed by atoms with van der Waals surface area (Å²) in [6.45, 7) is 3.65. The molecule has 5 heteroatoms. The van der Waals surface area contributed by atoms with Crippen molar-refractivity contribution in [2.45, 2.75) is 32.7 Å². The van der Waals surface area contributed by atoms with Crippen molar-refractivity contribution >= 4 is 21.8 Å². The van der Waals surface area contributed by atoms with E-state index in [0.717, 1.165) is 30.3 Å². The first-order valence-electron chi connectivity index (χ1n) is 6.35. The molecule has 0 spiro atoms. The van der Waals surface area contributed by atoms with Crippen LogP contribution in [-0.4, -0.2) is 28.7 Å². The first-order chi connectivity index (χ1) is 8.60. The maximum Gasteiger partial charge on any atom is 0.267 e. The lowest BCUT2D eigenvalue weighted by molar-refractivity contribution is 0.0931. The monoisotopic (exact) mass is 314 g/mol. The molecule has 0 radical (unpaired) electrons. The van der Waals surface area contributed by atoms with Gasteiger partial charge in [0, 0.05) is 30.4 Å². The second-order valence-electron chi connectivity index (χ2n) is 4.99. The van der Waals surface area contributed by atoms with E-state index in [2.05, 4.69) is 21.2 Å². The molecule has 1 heterocycles. The SMILES string of the molecule is CCn1cc(Br)cc1C(=O)NCC1(CCO)CC1. The average Bonchev–Trinajstić information content (AvgIpc) is 3.01. The van der Waals surface area contributed by atoms with Gasteiger partial charge in [0.2, 0.25) is 0 Å². The van der Waals surface area contributed by atoms with Gasteiger partial charge in [0.15, 0.2) is 0 Å². The Kier molecular flexibility index (Phi) is 4.12. The first kappa shape index (κ1) is 13.6. The van der Waals surface area contributed by atoms with Gasteiger partial charge in [-0.05, 0) is 53.6 Å². The zero-order chi connectivity index (χ0) is 13.2. The van der Waals surface area contributed by atoms with Crippen molar-refractivity contribution in [2.75, 3.05) is 13.2 Å². The minimum atomic E-state index is -0.0354. The van der Waals surface area contributed by atoms with E-state index in [1.54, 1.807) is 0 Å². The maximum absolute atomic E-state index is 12.1. The smallest absolute Gasteiger partial charge is 0.267 e. The second-order valence-corrected chi connectivity index (χ2v) is 5.90. The number of hydrogen-bond donors (Lipinski definition) is 2. The van der Waals surface area contributed by atoms with Crippen LogP contribution in [0, 0.1) is 5.41 Å². The van der Waals surface area contributed by atoms with Crippen LogP contribution >= 0.6 is 15.9 Å². The third-order valence-electron chi connectivity index (χ3n) is 3.66.